The molecule has 0 rings (SSSR count). The van der Waals surface area contributed by atoms with Crippen LogP contribution in [0, 0.1) is 0 Å². The molecule has 0 aromatic carbocycles. The average Bonchev–Trinajstić information content (AvgIpc) is 2.36. The fourth-order valence-corrected chi connectivity index (χ4v) is 4.86. The largest absolute Gasteiger partial charge is 0.322 e. The molecule has 0 spiro atoms. The zero-order valence-electron chi connectivity index (χ0n) is 13.6. The Morgan fingerprint density at radius 3 is 2.10 bits per heavy atom. The minimum Gasteiger partial charge on any atom is -0.322 e. The van der Waals surface area contributed by atoms with Crippen molar-refractivity contribution in [1.82, 2.24) is 4.67 Å². The Balaban J connectivity index is 4.01. The first-order valence-electron chi connectivity index (χ1n) is 7.62. The van der Waals surface area contributed by atoms with Crippen molar-refractivity contribution in [3.8, 4) is 0 Å². The lowest BCUT2D eigenvalue weighted by Gasteiger charge is -2.35. The van der Waals surface area contributed by atoms with Gasteiger partial charge in [-0.25, -0.2) is 4.67 Å². The molecule has 0 aliphatic heterocycles. The third-order valence-corrected chi connectivity index (χ3v) is 6.75. The highest BCUT2D eigenvalue weighted by Crippen LogP contribution is 2.45. The molecular weight excluding hydrogens is 404 g/mol. The van der Waals surface area contributed by atoms with E-state index in [0.29, 0.717) is 18.7 Å². The lowest BCUT2D eigenvalue weighted by molar-refractivity contribution is 0.177. The van der Waals surface area contributed by atoms with Gasteiger partial charge in [-0.1, -0.05) is 21.8 Å². The van der Waals surface area contributed by atoms with Gasteiger partial charge < -0.3 is 9.05 Å². The monoisotopic (exact) mass is 435 g/mol. The smallest absolute Gasteiger partial charge is 0.259 e. The molecule has 0 aromatic heterocycles. The maximum atomic E-state index is 6.04. The number of hydrogen-bond acceptors (Lipinski definition) is 4. The zero-order valence-corrected chi connectivity index (χ0v) is 17.5. The predicted molar refractivity (Wildman–Crippen MR) is 102 cm³/mol. The molecule has 0 radical (unpaired) electrons. The third-order valence-electron chi connectivity index (χ3n) is 2.80. The first-order chi connectivity index (χ1) is 9.54. The van der Waals surface area contributed by atoms with Gasteiger partial charge >= 0.3 is 0 Å². The van der Waals surface area contributed by atoms with Crippen LogP contribution in [0.25, 0.3) is 0 Å². The van der Waals surface area contributed by atoms with Gasteiger partial charge in [0.15, 0.2) is 0 Å². The highest BCUT2D eigenvalue weighted by molar-refractivity contribution is 14.2. The first-order valence-corrected chi connectivity index (χ1v) is 12.3. The molecule has 0 heterocycles. The highest BCUT2D eigenvalue weighted by atomic mass is 127. The van der Waals surface area contributed by atoms with Crippen LogP contribution < -0.4 is 0 Å². The fraction of sp³-hybridized carbons (Fsp3) is 1.00. The quantitative estimate of drug-likeness (QED) is 0.200. The van der Waals surface area contributed by atoms with E-state index in [2.05, 4.69) is 53.6 Å². The van der Waals surface area contributed by atoms with Gasteiger partial charge in [0.1, 0.15) is 0 Å². The van der Waals surface area contributed by atoms with Gasteiger partial charge in [0.2, 0.25) is 0 Å². The van der Waals surface area contributed by atoms with Crippen LogP contribution in [0.1, 0.15) is 60.3 Å². The fourth-order valence-electron chi connectivity index (χ4n) is 2.01. The van der Waals surface area contributed by atoms with Crippen LogP contribution in [0.3, 0.4) is 0 Å². The van der Waals surface area contributed by atoms with Crippen molar-refractivity contribution in [1.29, 1.82) is 0 Å². The van der Waals surface area contributed by atoms with E-state index in [1.165, 1.54) is 25.0 Å². The molecule has 0 aliphatic carbocycles. The van der Waals surface area contributed by atoms with Gasteiger partial charge in [0, 0.05) is 17.8 Å². The van der Waals surface area contributed by atoms with Crippen LogP contribution in [0.15, 0.2) is 0 Å². The van der Waals surface area contributed by atoms with Gasteiger partial charge in [0.25, 0.3) is 8.53 Å². The molecule has 0 fully saturated rings. The zero-order chi connectivity index (χ0) is 15.4. The number of hydrogen-bond donors (Lipinski definition) is 0. The summed E-state index contributed by atoms with van der Waals surface area (Å²) >= 11 is 2.37. The van der Waals surface area contributed by atoms with E-state index >= 15 is 0 Å². The summed E-state index contributed by atoms with van der Waals surface area (Å²) in [6.45, 7) is 12.4. The summed E-state index contributed by atoms with van der Waals surface area (Å²) in [7, 11) is 1.000. The predicted octanol–water partition coefficient (Wildman–Crippen LogP) is 6.03. The maximum absolute atomic E-state index is 6.04. The van der Waals surface area contributed by atoms with Crippen molar-refractivity contribution in [3.05, 3.63) is 0 Å². The lowest BCUT2D eigenvalue weighted by Crippen LogP contribution is -2.33. The van der Waals surface area contributed by atoms with E-state index in [-0.39, 0.29) is 0 Å². The van der Waals surface area contributed by atoms with Crippen LogP contribution in [-0.2, 0) is 9.05 Å². The van der Waals surface area contributed by atoms with Crippen LogP contribution in [0.2, 0.25) is 0 Å². The average molecular weight is 435 g/mol. The molecule has 0 bridgehead atoms. The second-order valence-corrected chi connectivity index (χ2v) is 9.23. The SMILES string of the molecule is CCOP(OCCCCCCSI)N(C(C)C)C(C)C. The van der Waals surface area contributed by atoms with E-state index in [0.717, 1.165) is 13.0 Å². The summed E-state index contributed by atoms with van der Waals surface area (Å²) in [5, 5.41) is 0. The van der Waals surface area contributed by atoms with Crippen molar-refractivity contribution in [3.63, 3.8) is 0 Å². The summed E-state index contributed by atoms with van der Waals surface area (Å²) in [5.41, 5.74) is 0. The molecular formula is C14H31INO2PS. The molecule has 1 unspecified atom stereocenters. The molecule has 0 saturated heterocycles. The van der Waals surface area contributed by atoms with E-state index in [9.17, 15) is 0 Å². The second-order valence-electron chi connectivity index (χ2n) is 5.28. The Kier molecular flexibility index (Phi) is 15.0. The number of nitrogens with zero attached hydrogens (tertiary/aromatic N) is 1. The first kappa shape index (κ1) is 21.4. The van der Waals surface area contributed by atoms with Gasteiger partial charge in [-0.2, -0.15) is 0 Å². The minimum atomic E-state index is -0.903. The molecule has 0 N–H and O–H groups in total. The minimum absolute atomic E-state index is 0.452. The molecule has 1 atom stereocenters. The highest BCUT2D eigenvalue weighted by Gasteiger charge is 2.26. The van der Waals surface area contributed by atoms with Crippen LogP contribution in [0.4, 0.5) is 0 Å². The van der Waals surface area contributed by atoms with Gasteiger partial charge in [-0.05, 0) is 68.7 Å². The molecule has 3 nitrogen and oxygen atoms in total. The molecule has 0 saturated carbocycles. The summed E-state index contributed by atoms with van der Waals surface area (Å²) in [5.74, 6) is 1.27. The second kappa shape index (κ2) is 14.0. The molecule has 6 heteroatoms. The van der Waals surface area contributed by atoms with Gasteiger partial charge in [0.05, 0.1) is 13.2 Å². The Hall–Kier alpha value is 1.39. The summed E-state index contributed by atoms with van der Waals surface area (Å²) in [4.78, 5) is 0. The number of unbranched alkanes of at least 4 members (excludes halogenated alkanes) is 3. The van der Waals surface area contributed by atoms with E-state index in [4.69, 9.17) is 9.05 Å². The van der Waals surface area contributed by atoms with Crippen LogP contribution in [0.5, 0.6) is 0 Å². The molecule has 0 aliphatic rings. The van der Waals surface area contributed by atoms with E-state index in [1.54, 1.807) is 0 Å². The summed E-state index contributed by atoms with van der Waals surface area (Å²) < 4.78 is 14.2. The third kappa shape index (κ3) is 10.2. The maximum Gasteiger partial charge on any atom is 0.259 e. The summed E-state index contributed by atoms with van der Waals surface area (Å²) in [6, 6.07) is 0.904. The van der Waals surface area contributed by atoms with E-state index in [1.807, 2.05) is 15.9 Å². The number of rotatable bonds is 13. The standard InChI is InChI=1S/C14H31INO2PS/c1-6-17-19(16(13(2)3)14(4)5)18-11-9-7-8-10-12-20-15/h13-14H,6-12H2,1-5H3. The molecule has 0 aromatic rings. The molecule has 122 valence electrons. The normalized spacial score (nSPS) is 13.7. The van der Waals surface area contributed by atoms with Crippen molar-refractivity contribution < 1.29 is 9.05 Å². The topological polar surface area (TPSA) is 21.7 Å². The van der Waals surface area contributed by atoms with Crippen molar-refractivity contribution in [2.45, 2.75) is 72.4 Å². The summed E-state index contributed by atoms with van der Waals surface area (Å²) in [6.07, 6.45) is 5.03. The molecule has 20 heavy (non-hydrogen) atoms. The van der Waals surface area contributed by atoms with Crippen molar-refractivity contribution in [2.24, 2.45) is 0 Å². The van der Waals surface area contributed by atoms with Gasteiger partial charge in [-0.3, -0.25) is 0 Å². The Labute approximate surface area is 143 Å². The number of halogens is 1. The van der Waals surface area contributed by atoms with Crippen LogP contribution in [-0.4, -0.2) is 35.7 Å². The lowest BCUT2D eigenvalue weighted by atomic mass is 10.2. The Morgan fingerprint density at radius 1 is 1.00 bits per heavy atom. The molecule has 0 amide bonds. The van der Waals surface area contributed by atoms with Crippen LogP contribution >= 0.6 is 38.7 Å². The van der Waals surface area contributed by atoms with Crippen molar-refractivity contribution in [2.75, 3.05) is 19.0 Å². The Bertz CT molecular complexity index is 215. The van der Waals surface area contributed by atoms with E-state index < -0.39 is 8.53 Å². The Morgan fingerprint density at radius 2 is 1.60 bits per heavy atom. The van der Waals surface area contributed by atoms with Crippen molar-refractivity contribution >= 4 is 38.7 Å². The van der Waals surface area contributed by atoms with Gasteiger partial charge in [-0.15, -0.1) is 0 Å².